The number of rotatable bonds is 0. The highest BCUT2D eigenvalue weighted by molar-refractivity contribution is 5.00. The van der Waals surface area contributed by atoms with Crippen LogP contribution in [-0.4, -0.2) is 15.0 Å². The molecule has 0 N–H and O–H groups in total. The molecule has 136 valence electrons. The van der Waals surface area contributed by atoms with Crippen molar-refractivity contribution < 1.29 is 4.39 Å². The molecule has 0 bridgehead atoms. The van der Waals surface area contributed by atoms with Gasteiger partial charge in [-0.2, -0.15) is 4.39 Å². The van der Waals surface area contributed by atoms with E-state index in [2.05, 4.69) is 15.0 Å². The Kier molecular flexibility index (Phi) is 19.1. The fourth-order valence-corrected chi connectivity index (χ4v) is 1.24. The van der Waals surface area contributed by atoms with Crippen molar-refractivity contribution in [2.75, 3.05) is 0 Å². The molecule has 3 nitrogen and oxygen atoms in total. The number of hydrogen-bond donors (Lipinski definition) is 0. The van der Waals surface area contributed by atoms with Gasteiger partial charge >= 0.3 is 0 Å². The van der Waals surface area contributed by atoms with E-state index < -0.39 is 5.95 Å². The van der Waals surface area contributed by atoms with Gasteiger partial charge in [-0.3, -0.25) is 9.97 Å². The highest BCUT2D eigenvalue weighted by atomic mass is 19.1. The van der Waals surface area contributed by atoms with Crippen molar-refractivity contribution in [2.45, 2.75) is 41.5 Å². The van der Waals surface area contributed by atoms with Gasteiger partial charge in [0, 0.05) is 30.0 Å². The third kappa shape index (κ3) is 17.6. The monoisotopic (exact) mass is 343 g/mol. The van der Waals surface area contributed by atoms with E-state index in [9.17, 15) is 4.39 Å². The maximum atomic E-state index is 11.8. The number of nitrogens with zero attached hydrogens (tertiary/aromatic N) is 3. The lowest BCUT2D eigenvalue weighted by atomic mass is 10.4. The minimum absolute atomic E-state index is 0.428. The van der Waals surface area contributed by atoms with Crippen LogP contribution in [0.1, 0.15) is 39.1 Å². The molecule has 0 aliphatic carbocycles. The van der Waals surface area contributed by atoms with Gasteiger partial charge in [0.15, 0.2) is 0 Å². The lowest BCUT2D eigenvalue weighted by molar-refractivity contribution is 0.584. The smallest absolute Gasteiger partial charge is 0.212 e. The molecule has 3 aromatic rings. The number of hydrogen-bond acceptors (Lipinski definition) is 3. The van der Waals surface area contributed by atoms with Crippen molar-refractivity contribution in [3.63, 3.8) is 0 Å². The second-order valence-corrected chi connectivity index (χ2v) is 4.09. The van der Waals surface area contributed by atoms with E-state index in [1.165, 1.54) is 12.3 Å². The van der Waals surface area contributed by atoms with Crippen LogP contribution in [-0.2, 0) is 0 Å². The summed E-state index contributed by atoms with van der Waals surface area (Å²) in [6, 6.07) is 16.3. The van der Waals surface area contributed by atoms with E-state index in [0.717, 1.165) is 11.4 Å². The fourth-order valence-electron chi connectivity index (χ4n) is 1.24. The number of pyridine rings is 3. The van der Waals surface area contributed by atoms with Crippen molar-refractivity contribution in [3.05, 3.63) is 90.5 Å². The van der Waals surface area contributed by atoms with E-state index in [0.29, 0.717) is 0 Å². The minimum Gasteiger partial charge on any atom is -0.262 e. The molecular formula is C21H30FN3. The van der Waals surface area contributed by atoms with Crippen LogP contribution >= 0.6 is 0 Å². The first-order valence-corrected chi connectivity index (χ1v) is 8.50. The van der Waals surface area contributed by atoms with E-state index in [1.807, 2.05) is 77.9 Å². The summed E-state index contributed by atoms with van der Waals surface area (Å²) >= 11 is 0. The molecule has 0 saturated heterocycles. The second kappa shape index (κ2) is 19.4. The molecular weight excluding hydrogens is 313 g/mol. The predicted octanol–water partition coefficient (Wildman–Crippen LogP) is 6.05. The van der Waals surface area contributed by atoms with Crippen LogP contribution in [0.4, 0.5) is 4.39 Å². The maximum absolute atomic E-state index is 11.8. The van der Waals surface area contributed by atoms with Gasteiger partial charge in [-0.25, -0.2) is 4.98 Å². The molecule has 0 aliphatic heterocycles. The molecule has 3 rings (SSSR count). The summed E-state index contributed by atoms with van der Waals surface area (Å²) in [5.41, 5.74) is 2.14. The van der Waals surface area contributed by atoms with Crippen LogP contribution in [0.5, 0.6) is 0 Å². The Labute approximate surface area is 152 Å². The first-order valence-electron chi connectivity index (χ1n) is 8.50. The Morgan fingerprint density at radius 3 is 1.04 bits per heavy atom. The molecule has 4 heteroatoms. The molecule has 0 atom stereocenters. The summed E-state index contributed by atoms with van der Waals surface area (Å²) in [5, 5.41) is 0. The van der Waals surface area contributed by atoms with Crippen molar-refractivity contribution in [1.29, 1.82) is 0 Å². The van der Waals surface area contributed by atoms with Crippen molar-refractivity contribution >= 4 is 0 Å². The quantitative estimate of drug-likeness (QED) is 0.466. The van der Waals surface area contributed by atoms with Crippen molar-refractivity contribution in [1.82, 2.24) is 15.0 Å². The normalized spacial score (nSPS) is 7.80. The van der Waals surface area contributed by atoms with Crippen molar-refractivity contribution in [2.24, 2.45) is 0 Å². The van der Waals surface area contributed by atoms with Crippen LogP contribution in [0.3, 0.4) is 0 Å². The van der Waals surface area contributed by atoms with Gasteiger partial charge in [-0.05, 0) is 50.2 Å². The fraction of sp³-hybridized carbons (Fsp3) is 0.286. The Morgan fingerprint density at radius 2 is 0.920 bits per heavy atom. The van der Waals surface area contributed by atoms with Gasteiger partial charge in [-0.1, -0.05) is 45.9 Å². The Hall–Kier alpha value is -2.62. The average Bonchev–Trinajstić information content (AvgIpc) is 2.68. The Morgan fingerprint density at radius 1 is 0.560 bits per heavy atom. The Balaban J connectivity index is 0. The van der Waals surface area contributed by atoms with Crippen LogP contribution < -0.4 is 0 Å². The van der Waals surface area contributed by atoms with E-state index in [4.69, 9.17) is 0 Å². The highest BCUT2D eigenvalue weighted by Gasteiger charge is 1.78. The summed E-state index contributed by atoms with van der Waals surface area (Å²) in [5.74, 6) is -0.428. The maximum Gasteiger partial charge on any atom is 0.212 e. The van der Waals surface area contributed by atoms with E-state index in [-0.39, 0.29) is 0 Å². The molecule has 0 spiro atoms. The molecule has 0 amide bonds. The second-order valence-electron chi connectivity index (χ2n) is 4.09. The topological polar surface area (TPSA) is 38.7 Å². The third-order valence-electron chi connectivity index (χ3n) is 2.25. The van der Waals surface area contributed by atoms with E-state index >= 15 is 0 Å². The number of aromatic nitrogens is 3. The summed E-state index contributed by atoms with van der Waals surface area (Å²) < 4.78 is 11.8. The number of aryl methyl sites for hydroxylation is 2. The summed E-state index contributed by atoms with van der Waals surface area (Å²) in [4.78, 5) is 11.3. The largest absolute Gasteiger partial charge is 0.262 e. The standard InChI is InChI=1S/2C6H7N.C5H4FN.2C2H6/c2*1-6-4-2-3-5-7-6;6-5-3-1-2-4-7-5;2*1-2/h2*2-5H,1H3;1-4H;2*1-2H3. The molecule has 3 aromatic heterocycles. The van der Waals surface area contributed by atoms with Crippen LogP contribution in [0.2, 0.25) is 0 Å². The van der Waals surface area contributed by atoms with Gasteiger partial charge in [-0.15, -0.1) is 0 Å². The SMILES string of the molecule is CC.CC.Cc1ccccn1.Cc1ccccn1.Fc1ccccn1. The molecule has 0 fully saturated rings. The lowest BCUT2D eigenvalue weighted by Crippen LogP contribution is -1.73. The van der Waals surface area contributed by atoms with Gasteiger partial charge in [0.2, 0.25) is 5.95 Å². The summed E-state index contributed by atoms with van der Waals surface area (Å²) in [6.45, 7) is 11.9. The predicted molar refractivity (Wildman–Crippen MR) is 105 cm³/mol. The minimum atomic E-state index is -0.428. The summed E-state index contributed by atoms with van der Waals surface area (Å²) in [7, 11) is 0. The van der Waals surface area contributed by atoms with E-state index in [1.54, 1.807) is 24.5 Å². The zero-order valence-corrected chi connectivity index (χ0v) is 16.1. The van der Waals surface area contributed by atoms with Crippen LogP contribution in [0.25, 0.3) is 0 Å². The molecule has 0 saturated carbocycles. The summed E-state index contributed by atoms with van der Waals surface area (Å²) in [6.07, 6.45) is 4.99. The van der Waals surface area contributed by atoms with Gasteiger partial charge < -0.3 is 0 Å². The molecule has 0 aromatic carbocycles. The lowest BCUT2D eigenvalue weighted by Gasteiger charge is -1.82. The first-order chi connectivity index (χ1) is 12.2. The molecule has 0 unspecified atom stereocenters. The zero-order valence-electron chi connectivity index (χ0n) is 16.1. The van der Waals surface area contributed by atoms with Gasteiger partial charge in [0.25, 0.3) is 0 Å². The number of halogens is 1. The highest BCUT2D eigenvalue weighted by Crippen LogP contribution is 1.87. The first kappa shape index (κ1) is 24.6. The molecule has 0 radical (unpaired) electrons. The van der Waals surface area contributed by atoms with Gasteiger partial charge in [0.05, 0.1) is 0 Å². The van der Waals surface area contributed by atoms with Crippen molar-refractivity contribution in [3.8, 4) is 0 Å². The zero-order chi connectivity index (χ0) is 19.3. The average molecular weight is 343 g/mol. The Bertz CT molecular complexity index is 498. The van der Waals surface area contributed by atoms with Crippen LogP contribution in [0.15, 0.2) is 73.2 Å². The molecule has 25 heavy (non-hydrogen) atoms. The third-order valence-corrected chi connectivity index (χ3v) is 2.25. The molecule has 0 aliphatic rings. The van der Waals surface area contributed by atoms with Crippen LogP contribution in [0, 0.1) is 19.8 Å². The van der Waals surface area contributed by atoms with Gasteiger partial charge in [0.1, 0.15) is 0 Å². The molecule has 3 heterocycles.